The molecule has 10 heteroatoms. The van der Waals surface area contributed by atoms with Gasteiger partial charge in [-0.1, -0.05) is 36.4 Å². The van der Waals surface area contributed by atoms with Crippen molar-refractivity contribution < 1.29 is 35.8 Å². The number of halogens is 6. The van der Waals surface area contributed by atoms with Crippen molar-refractivity contribution in [2.24, 2.45) is 0 Å². The molecule has 31 heavy (non-hydrogen) atoms. The van der Waals surface area contributed by atoms with Gasteiger partial charge in [0.25, 0.3) is 0 Å². The number of alkyl halides is 6. The monoisotopic (exact) mass is 438 g/mol. The molecule has 0 atom stereocenters. The number of aromatic nitrogens is 1. The smallest absolute Gasteiger partial charge is 0.405 e. The number of ether oxygens (including phenoxy) is 2. The maximum atomic E-state index is 12.9. The van der Waals surface area contributed by atoms with Crippen molar-refractivity contribution in [2.75, 3.05) is 0 Å². The normalized spacial score (nSPS) is 11.6. The second kappa shape index (κ2) is 8.55. The number of hydrogen-bond acceptors (Lipinski definition) is 4. The van der Waals surface area contributed by atoms with Crippen LogP contribution in [0.15, 0.2) is 60.7 Å². The Labute approximate surface area is 172 Å². The van der Waals surface area contributed by atoms with E-state index < -0.39 is 24.2 Å². The van der Waals surface area contributed by atoms with Gasteiger partial charge in [0, 0.05) is 16.7 Å². The molecule has 0 aliphatic carbocycles. The molecule has 0 bridgehead atoms. The molecule has 3 aromatic rings. The summed E-state index contributed by atoms with van der Waals surface area (Å²) in [6, 6.07) is 14.9. The summed E-state index contributed by atoms with van der Waals surface area (Å²) in [6.45, 7) is 0. The predicted molar refractivity (Wildman–Crippen MR) is 97.8 cm³/mol. The lowest BCUT2D eigenvalue weighted by Gasteiger charge is -2.18. The number of nitrogens with zero attached hydrogens (tertiary/aromatic N) is 2. The van der Waals surface area contributed by atoms with Gasteiger partial charge >= 0.3 is 12.7 Å². The van der Waals surface area contributed by atoms with Crippen molar-refractivity contribution in [3.05, 3.63) is 66.4 Å². The topological polar surface area (TPSA) is 55.1 Å². The summed E-state index contributed by atoms with van der Waals surface area (Å²) in [7, 11) is 0. The first-order valence-electron chi connectivity index (χ1n) is 8.64. The Morgan fingerprint density at radius 2 is 1.23 bits per heavy atom. The number of para-hydroxylation sites is 2. The van der Waals surface area contributed by atoms with E-state index in [9.17, 15) is 26.3 Å². The minimum atomic E-state index is -5.00. The molecular weight excluding hydrogens is 426 g/mol. The largest absolute Gasteiger partial charge is 0.573 e. The van der Waals surface area contributed by atoms with E-state index >= 15 is 0 Å². The molecule has 2 aromatic carbocycles. The van der Waals surface area contributed by atoms with E-state index in [0.29, 0.717) is 0 Å². The zero-order valence-electron chi connectivity index (χ0n) is 15.5. The highest BCUT2D eigenvalue weighted by molar-refractivity contribution is 5.86. The van der Waals surface area contributed by atoms with Crippen LogP contribution in [-0.2, 0) is 6.42 Å². The molecule has 4 nitrogen and oxygen atoms in total. The van der Waals surface area contributed by atoms with Crippen molar-refractivity contribution in [3.8, 4) is 40.0 Å². The van der Waals surface area contributed by atoms with Gasteiger partial charge in [-0.15, -0.1) is 26.3 Å². The highest BCUT2D eigenvalue weighted by Crippen LogP contribution is 2.41. The van der Waals surface area contributed by atoms with E-state index in [-0.39, 0.29) is 34.5 Å². The third kappa shape index (κ3) is 5.66. The van der Waals surface area contributed by atoms with Crippen molar-refractivity contribution in [1.29, 1.82) is 5.26 Å². The van der Waals surface area contributed by atoms with Crippen LogP contribution in [-0.4, -0.2) is 17.7 Å². The standard InChI is InChI=1S/C21H12F6N2O2/c22-20(23,24)30-17-7-3-1-5-14(17)15-10-9-13(11-12-28)29-19(15)16-6-2-4-8-18(16)31-21(25,26)27/h1-10H,11H2. The molecule has 0 amide bonds. The average Bonchev–Trinajstić information content (AvgIpc) is 2.67. The van der Waals surface area contributed by atoms with Crippen LogP contribution >= 0.6 is 0 Å². The fraction of sp³-hybridized carbons (Fsp3) is 0.143. The zero-order valence-corrected chi connectivity index (χ0v) is 15.5. The van der Waals surface area contributed by atoms with Crippen molar-refractivity contribution in [3.63, 3.8) is 0 Å². The van der Waals surface area contributed by atoms with Crippen LogP contribution in [0, 0.1) is 11.3 Å². The van der Waals surface area contributed by atoms with Gasteiger partial charge in [0.2, 0.25) is 0 Å². The summed E-state index contributed by atoms with van der Waals surface area (Å²) < 4.78 is 85.4. The minimum absolute atomic E-state index is 0.0485. The lowest BCUT2D eigenvalue weighted by Crippen LogP contribution is -2.18. The summed E-state index contributed by atoms with van der Waals surface area (Å²) in [5, 5.41) is 8.94. The van der Waals surface area contributed by atoms with Gasteiger partial charge < -0.3 is 9.47 Å². The van der Waals surface area contributed by atoms with Crippen LogP contribution in [0.2, 0.25) is 0 Å². The Morgan fingerprint density at radius 1 is 0.710 bits per heavy atom. The number of nitriles is 1. The third-order valence-corrected chi connectivity index (χ3v) is 3.98. The van der Waals surface area contributed by atoms with Crippen molar-refractivity contribution in [1.82, 2.24) is 4.98 Å². The van der Waals surface area contributed by atoms with E-state index in [0.717, 1.165) is 12.1 Å². The van der Waals surface area contributed by atoms with Crippen LogP contribution < -0.4 is 9.47 Å². The Bertz CT molecular complexity index is 1120. The average molecular weight is 438 g/mol. The molecule has 1 aromatic heterocycles. The molecule has 3 rings (SSSR count). The quantitative estimate of drug-likeness (QED) is 0.440. The number of benzene rings is 2. The summed E-state index contributed by atoms with van der Waals surface area (Å²) in [5.74, 6) is -1.15. The van der Waals surface area contributed by atoms with Crippen LogP contribution in [0.25, 0.3) is 22.4 Å². The summed E-state index contributed by atoms with van der Waals surface area (Å²) in [6.07, 6.45) is -10.1. The molecule has 0 fully saturated rings. The van der Waals surface area contributed by atoms with Crippen LogP contribution in [0.5, 0.6) is 11.5 Å². The van der Waals surface area contributed by atoms with Crippen LogP contribution in [0.3, 0.4) is 0 Å². The lowest BCUT2D eigenvalue weighted by atomic mass is 9.97. The lowest BCUT2D eigenvalue weighted by molar-refractivity contribution is -0.275. The number of pyridine rings is 1. The SMILES string of the molecule is N#CCc1ccc(-c2ccccc2OC(F)(F)F)c(-c2ccccc2OC(F)(F)F)n1. The molecule has 0 spiro atoms. The molecule has 0 aliphatic rings. The Morgan fingerprint density at radius 3 is 1.77 bits per heavy atom. The van der Waals surface area contributed by atoms with E-state index in [2.05, 4.69) is 14.5 Å². The number of rotatable bonds is 5. The van der Waals surface area contributed by atoms with Gasteiger partial charge in [0.15, 0.2) is 0 Å². The molecule has 0 saturated heterocycles. The maximum absolute atomic E-state index is 12.9. The Kier molecular flexibility index (Phi) is 6.06. The molecule has 0 saturated carbocycles. The zero-order chi connectivity index (χ0) is 22.6. The van der Waals surface area contributed by atoms with E-state index in [4.69, 9.17) is 5.26 Å². The predicted octanol–water partition coefficient (Wildman–Crippen LogP) is 6.28. The first-order valence-corrected chi connectivity index (χ1v) is 8.64. The fourth-order valence-electron chi connectivity index (χ4n) is 2.88. The van der Waals surface area contributed by atoms with Crippen molar-refractivity contribution in [2.45, 2.75) is 19.1 Å². The third-order valence-electron chi connectivity index (χ3n) is 3.98. The van der Waals surface area contributed by atoms with Gasteiger partial charge in [0.05, 0.1) is 23.9 Å². The van der Waals surface area contributed by atoms with Gasteiger partial charge in [-0.25, -0.2) is 0 Å². The number of hydrogen-bond donors (Lipinski definition) is 0. The van der Waals surface area contributed by atoms with Gasteiger partial charge in [0.1, 0.15) is 11.5 Å². The van der Waals surface area contributed by atoms with Gasteiger partial charge in [-0.3, -0.25) is 4.98 Å². The van der Waals surface area contributed by atoms with Crippen LogP contribution in [0.1, 0.15) is 5.69 Å². The van der Waals surface area contributed by atoms with E-state index in [1.54, 1.807) is 0 Å². The Balaban J connectivity index is 2.24. The fourth-order valence-corrected chi connectivity index (χ4v) is 2.88. The van der Waals surface area contributed by atoms with E-state index in [1.807, 2.05) is 6.07 Å². The highest BCUT2D eigenvalue weighted by Gasteiger charge is 2.34. The second-order valence-electron chi connectivity index (χ2n) is 6.12. The first-order chi connectivity index (χ1) is 14.6. The molecule has 0 unspecified atom stereocenters. The molecule has 0 radical (unpaired) electrons. The Hall–Kier alpha value is -3.74. The highest BCUT2D eigenvalue weighted by atomic mass is 19.4. The molecular formula is C21H12F6N2O2. The molecule has 0 N–H and O–H groups in total. The van der Waals surface area contributed by atoms with Crippen molar-refractivity contribution >= 4 is 0 Å². The maximum Gasteiger partial charge on any atom is 0.573 e. The summed E-state index contributed by atoms with van der Waals surface area (Å²) in [5.41, 5.74) is 0.0342. The summed E-state index contributed by atoms with van der Waals surface area (Å²) in [4.78, 5) is 4.23. The molecule has 0 aliphatic heterocycles. The van der Waals surface area contributed by atoms with E-state index in [1.165, 1.54) is 48.5 Å². The first kappa shape index (κ1) is 22.0. The minimum Gasteiger partial charge on any atom is -0.405 e. The van der Waals surface area contributed by atoms with Gasteiger partial charge in [-0.05, 0) is 24.3 Å². The summed E-state index contributed by atoms with van der Waals surface area (Å²) >= 11 is 0. The molecule has 160 valence electrons. The van der Waals surface area contributed by atoms with Gasteiger partial charge in [-0.2, -0.15) is 5.26 Å². The van der Waals surface area contributed by atoms with Crippen LogP contribution in [0.4, 0.5) is 26.3 Å². The second-order valence-corrected chi connectivity index (χ2v) is 6.12. The molecule has 1 heterocycles.